The number of hydrogen-bond acceptors (Lipinski definition) is 3. The van der Waals surface area contributed by atoms with E-state index in [1.807, 2.05) is 5.01 Å². The second kappa shape index (κ2) is 4.21. The Morgan fingerprint density at radius 2 is 2.42 bits per heavy atom. The maximum atomic E-state index is 10.7. The standard InChI is InChI=1S/C8H14N2O2/c1-7(12)9-10-4-2-3-8(5-10)6-11/h6,8H,2-5H2,1H3,(H,9,12). The van der Waals surface area contributed by atoms with Gasteiger partial charge in [0.2, 0.25) is 5.91 Å². The lowest BCUT2D eigenvalue weighted by atomic mass is 10.0. The highest BCUT2D eigenvalue weighted by atomic mass is 16.2. The van der Waals surface area contributed by atoms with E-state index in [0.29, 0.717) is 6.54 Å². The largest absolute Gasteiger partial charge is 0.303 e. The number of piperidine rings is 1. The maximum absolute atomic E-state index is 10.7. The van der Waals surface area contributed by atoms with Gasteiger partial charge in [0.05, 0.1) is 0 Å². The van der Waals surface area contributed by atoms with Crippen molar-refractivity contribution in [2.45, 2.75) is 19.8 Å². The Kier molecular flexibility index (Phi) is 3.22. The highest BCUT2D eigenvalue weighted by molar-refractivity contribution is 5.72. The molecule has 0 spiro atoms. The molecule has 1 aliphatic heterocycles. The summed E-state index contributed by atoms with van der Waals surface area (Å²) in [5.41, 5.74) is 2.68. The van der Waals surface area contributed by atoms with Crippen LogP contribution < -0.4 is 5.43 Å². The number of amides is 1. The number of aldehydes is 1. The number of hydrogen-bond donors (Lipinski definition) is 1. The number of nitrogens with one attached hydrogen (secondary N) is 1. The average molecular weight is 170 g/mol. The van der Waals surface area contributed by atoms with Crippen LogP contribution >= 0.6 is 0 Å². The molecule has 4 nitrogen and oxygen atoms in total. The van der Waals surface area contributed by atoms with Crippen molar-refractivity contribution in [3.8, 4) is 0 Å². The van der Waals surface area contributed by atoms with Crippen molar-refractivity contribution < 1.29 is 9.59 Å². The molecule has 0 aromatic heterocycles. The van der Waals surface area contributed by atoms with Gasteiger partial charge < -0.3 is 4.79 Å². The van der Waals surface area contributed by atoms with Crippen molar-refractivity contribution in [2.75, 3.05) is 13.1 Å². The van der Waals surface area contributed by atoms with Crippen molar-refractivity contribution >= 4 is 12.2 Å². The first-order chi connectivity index (χ1) is 5.72. The van der Waals surface area contributed by atoms with E-state index in [0.717, 1.165) is 25.7 Å². The van der Waals surface area contributed by atoms with E-state index in [1.165, 1.54) is 6.92 Å². The van der Waals surface area contributed by atoms with Crippen LogP contribution in [0.25, 0.3) is 0 Å². The van der Waals surface area contributed by atoms with Gasteiger partial charge in [-0.05, 0) is 12.8 Å². The Morgan fingerprint density at radius 3 is 3.00 bits per heavy atom. The van der Waals surface area contributed by atoms with Gasteiger partial charge in [0, 0.05) is 25.9 Å². The van der Waals surface area contributed by atoms with Crippen molar-refractivity contribution in [3.05, 3.63) is 0 Å². The van der Waals surface area contributed by atoms with Gasteiger partial charge in [-0.2, -0.15) is 0 Å². The molecule has 1 heterocycles. The molecule has 4 heteroatoms. The summed E-state index contributed by atoms with van der Waals surface area (Å²) >= 11 is 0. The fourth-order valence-electron chi connectivity index (χ4n) is 1.45. The van der Waals surface area contributed by atoms with E-state index in [1.54, 1.807) is 0 Å². The number of rotatable bonds is 2. The molecule has 0 radical (unpaired) electrons. The van der Waals surface area contributed by atoms with Crippen LogP contribution in [0.2, 0.25) is 0 Å². The normalized spacial score (nSPS) is 24.9. The lowest BCUT2D eigenvalue weighted by molar-refractivity contribution is -0.126. The molecule has 1 atom stereocenters. The Labute approximate surface area is 71.9 Å². The number of nitrogens with zero attached hydrogens (tertiary/aromatic N) is 1. The van der Waals surface area contributed by atoms with E-state index in [4.69, 9.17) is 0 Å². The SMILES string of the molecule is CC(=O)NN1CCCC(C=O)C1. The summed E-state index contributed by atoms with van der Waals surface area (Å²) < 4.78 is 0. The fourth-order valence-corrected chi connectivity index (χ4v) is 1.45. The van der Waals surface area contributed by atoms with Gasteiger partial charge in [-0.15, -0.1) is 0 Å². The minimum atomic E-state index is -0.0680. The number of carbonyl (C=O) groups is 2. The second-order valence-electron chi connectivity index (χ2n) is 3.15. The zero-order chi connectivity index (χ0) is 8.97. The molecule has 12 heavy (non-hydrogen) atoms. The fraction of sp³-hybridized carbons (Fsp3) is 0.750. The van der Waals surface area contributed by atoms with Gasteiger partial charge in [-0.25, -0.2) is 5.01 Å². The molecule has 0 bridgehead atoms. The van der Waals surface area contributed by atoms with Gasteiger partial charge in [0.1, 0.15) is 6.29 Å². The molecule has 1 aliphatic rings. The molecule has 1 unspecified atom stereocenters. The molecule has 1 N–H and O–H groups in total. The topological polar surface area (TPSA) is 49.4 Å². The number of hydrazine groups is 1. The summed E-state index contributed by atoms with van der Waals surface area (Å²) in [7, 11) is 0. The van der Waals surface area contributed by atoms with Crippen LogP contribution in [0.3, 0.4) is 0 Å². The van der Waals surface area contributed by atoms with E-state index >= 15 is 0 Å². The van der Waals surface area contributed by atoms with Crippen molar-refractivity contribution in [1.29, 1.82) is 0 Å². The lowest BCUT2D eigenvalue weighted by Gasteiger charge is -2.29. The Morgan fingerprint density at radius 1 is 1.67 bits per heavy atom. The van der Waals surface area contributed by atoms with Crippen molar-refractivity contribution in [2.24, 2.45) is 5.92 Å². The molecule has 68 valence electrons. The van der Waals surface area contributed by atoms with Crippen LogP contribution in [-0.2, 0) is 9.59 Å². The smallest absolute Gasteiger partial charge is 0.231 e. The summed E-state index contributed by atoms with van der Waals surface area (Å²) in [5, 5.41) is 1.81. The minimum absolute atomic E-state index is 0.0680. The zero-order valence-corrected chi connectivity index (χ0v) is 7.25. The summed E-state index contributed by atoms with van der Waals surface area (Å²) in [6.45, 7) is 2.98. The van der Waals surface area contributed by atoms with E-state index in [9.17, 15) is 9.59 Å². The molecular formula is C8H14N2O2. The van der Waals surface area contributed by atoms with E-state index in [2.05, 4.69) is 5.43 Å². The van der Waals surface area contributed by atoms with Crippen molar-refractivity contribution in [1.82, 2.24) is 10.4 Å². The van der Waals surface area contributed by atoms with Gasteiger partial charge in [-0.3, -0.25) is 10.2 Å². The number of carbonyl (C=O) groups excluding carboxylic acids is 2. The predicted molar refractivity (Wildman–Crippen MR) is 44.2 cm³/mol. The molecule has 0 saturated carbocycles. The van der Waals surface area contributed by atoms with Crippen LogP contribution in [0, 0.1) is 5.92 Å². The average Bonchev–Trinajstić information content (AvgIpc) is 2.03. The molecule has 1 saturated heterocycles. The molecule has 0 aromatic rings. The molecule has 1 rings (SSSR count). The van der Waals surface area contributed by atoms with Crippen LogP contribution in [0.4, 0.5) is 0 Å². The van der Waals surface area contributed by atoms with Gasteiger partial charge in [0.15, 0.2) is 0 Å². The Balaban J connectivity index is 2.35. The zero-order valence-electron chi connectivity index (χ0n) is 7.25. The van der Waals surface area contributed by atoms with Gasteiger partial charge in [0.25, 0.3) is 0 Å². The first kappa shape index (κ1) is 9.19. The highest BCUT2D eigenvalue weighted by Crippen LogP contribution is 2.11. The third-order valence-electron chi connectivity index (χ3n) is 1.97. The summed E-state index contributed by atoms with van der Waals surface area (Å²) in [4.78, 5) is 21.1. The third-order valence-corrected chi connectivity index (χ3v) is 1.97. The van der Waals surface area contributed by atoms with Crippen LogP contribution in [0.15, 0.2) is 0 Å². The minimum Gasteiger partial charge on any atom is -0.303 e. The van der Waals surface area contributed by atoms with Crippen LogP contribution in [0.1, 0.15) is 19.8 Å². The second-order valence-corrected chi connectivity index (χ2v) is 3.15. The Hall–Kier alpha value is -0.900. The molecular weight excluding hydrogens is 156 g/mol. The summed E-state index contributed by atoms with van der Waals surface area (Å²) in [5.74, 6) is 0.0205. The maximum Gasteiger partial charge on any atom is 0.231 e. The Bertz CT molecular complexity index is 182. The quantitative estimate of drug-likeness (QED) is 0.591. The van der Waals surface area contributed by atoms with Crippen LogP contribution in [-0.4, -0.2) is 30.3 Å². The monoisotopic (exact) mass is 170 g/mol. The molecule has 1 amide bonds. The van der Waals surface area contributed by atoms with E-state index in [-0.39, 0.29) is 11.8 Å². The lowest BCUT2D eigenvalue weighted by Crippen LogP contribution is -2.47. The molecule has 1 fully saturated rings. The predicted octanol–water partition coefficient (Wildman–Crippen LogP) is -0.0516. The first-order valence-corrected chi connectivity index (χ1v) is 4.20. The van der Waals surface area contributed by atoms with E-state index < -0.39 is 0 Å². The van der Waals surface area contributed by atoms with Gasteiger partial charge >= 0.3 is 0 Å². The van der Waals surface area contributed by atoms with Crippen molar-refractivity contribution in [3.63, 3.8) is 0 Å². The molecule has 0 aromatic carbocycles. The first-order valence-electron chi connectivity index (χ1n) is 4.20. The van der Waals surface area contributed by atoms with Crippen LogP contribution in [0.5, 0.6) is 0 Å². The summed E-state index contributed by atoms with van der Waals surface area (Å²) in [6, 6.07) is 0. The highest BCUT2D eigenvalue weighted by Gasteiger charge is 2.19. The van der Waals surface area contributed by atoms with Gasteiger partial charge in [-0.1, -0.05) is 0 Å². The molecule has 0 aliphatic carbocycles. The third kappa shape index (κ3) is 2.62. The summed E-state index contributed by atoms with van der Waals surface area (Å²) in [6.07, 6.45) is 2.89.